The smallest absolute Gasteiger partial charge is 0.305 e. The number of benzene rings is 1. The zero-order valence-corrected chi connectivity index (χ0v) is 6.15. The lowest BCUT2D eigenvalue weighted by atomic mass is 10.3. The van der Waals surface area contributed by atoms with Gasteiger partial charge in [0.2, 0.25) is 6.08 Å². The zero-order valence-electron chi connectivity index (χ0n) is 6.15. The Balaban J connectivity index is 2.64. The molecule has 0 saturated carbocycles. The normalized spacial score (nSPS) is 8.33. The molecule has 60 valence electrons. The Morgan fingerprint density at radius 2 is 2.00 bits per heavy atom. The molecule has 1 N–H and O–H groups in total. The van der Waals surface area contributed by atoms with Gasteiger partial charge in [-0.05, 0) is 12.1 Å². The number of para-hydroxylation sites is 1. The van der Waals surface area contributed by atoms with Crippen LogP contribution in [0.5, 0.6) is 0 Å². The number of hydrogen-bond acceptors (Lipinski definition) is 2. The van der Waals surface area contributed by atoms with Crippen molar-refractivity contribution >= 4 is 17.8 Å². The Kier molecular flexibility index (Phi) is 2.76. The van der Waals surface area contributed by atoms with Gasteiger partial charge in [-0.15, -0.1) is 4.99 Å². The van der Waals surface area contributed by atoms with Crippen LogP contribution >= 0.6 is 0 Å². The molecule has 4 heteroatoms. The fraction of sp³-hybridized carbons (Fsp3) is 0. The van der Waals surface area contributed by atoms with Crippen molar-refractivity contribution in [3.05, 3.63) is 30.3 Å². The van der Waals surface area contributed by atoms with Crippen molar-refractivity contribution in [1.82, 2.24) is 0 Å². The first kappa shape index (κ1) is 8.17. The van der Waals surface area contributed by atoms with Crippen LogP contribution < -0.4 is 5.32 Å². The van der Waals surface area contributed by atoms with E-state index in [0.29, 0.717) is 5.69 Å². The summed E-state index contributed by atoms with van der Waals surface area (Å²) in [6.45, 7) is 0. The summed E-state index contributed by atoms with van der Waals surface area (Å²) in [5, 5.41) is 2.37. The lowest BCUT2D eigenvalue weighted by Gasteiger charge is -1.97. The maximum absolute atomic E-state index is 10.7. The molecule has 0 heterocycles. The van der Waals surface area contributed by atoms with Gasteiger partial charge in [-0.25, -0.2) is 9.59 Å². The van der Waals surface area contributed by atoms with Crippen LogP contribution in [0.15, 0.2) is 35.3 Å². The first-order chi connectivity index (χ1) is 5.83. The highest BCUT2D eigenvalue weighted by molar-refractivity contribution is 5.92. The summed E-state index contributed by atoms with van der Waals surface area (Å²) >= 11 is 0. The van der Waals surface area contributed by atoms with Crippen LogP contribution in [0, 0.1) is 0 Å². The Morgan fingerprint density at radius 1 is 1.33 bits per heavy atom. The van der Waals surface area contributed by atoms with Gasteiger partial charge in [0.05, 0.1) is 0 Å². The number of rotatable bonds is 1. The average molecular weight is 162 g/mol. The quantitative estimate of drug-likeness (QED) is 0.503. The second kappa shape index (κ2) is 4.05. The molecule has 0 aliphatic heterocycles. The second-order valence-electron chi connectivity index (χ2n) is 2.00. The minimum Gasteiger partial charge on any atom is -0.305 e. The minimum absolute atomic E-state index is 0.599. The molecular formula is C8H6N2O2. The molecule has 0 aromatic heterocycles. The average Bonchev–Trinajstić information content (AvgIpc) is 2.06. The van der Waals surface area contributed by atoms with Crippen LogP contribution in [0.4, 0.5) is 10.5 Å². The number of hydrogen-bond donors (Lipinski definition) is 1. The molecule has 1 aromatic carbocycles. The Bertz CT molecular complexity index is 315. The molecule has 0 unspecified atom stereocenters. The first-order valence-electron chi connectivity index (χ1n) is 3.27. The van der Waals surface area contributed by atoms with Gasteiger partial charge in [-0.2, -0.15) is 0 Å². The number of anilines is 1. The lowest BCUT2D eigenvalue weighted by molar-refractivity contribution is 0.259. The molecule has 0 spiro atoms. The molecule has 0 aliphatic rings. The van der Waals surface area contributed by atoms with E-state index in [1.165, 1.54) is 0 Å². The highest BCUT2D eigenvalue weighted by atomic mass is 16.2. The Morgan fingerprint density at radius 3 is 2.58 bits per heavy atom. The number of carbonyl (C=O) groups is 1. The van der Waals surface area contributed by atoms with Crippen LogP contribution in [0.2, 0.25) is 0 Å². The van der Waals surface area contributed by atoms with Crippen molar-refractivity contribution in [2.24, 2.45) is 4.99 Å². The molecule has 1 aromatic rings. The van der Waals surface area contributed by atoms with E-state index < -0.39 is 6.03 Å². The largest absolute Gasteiger partial charge is 0.356 e. The number of nitrogens with zero attached hydrogens (tertiary/aromatic N) is 1. The molecule has 0 atom stereocenters. The van der Waals surface area contributed by atoms with Gasteiger partial charge in [-0.3, -0.25) is 0 Å². The third-order valence-corrected chi connectivity index (χ3v) is 1.17. The standard InChI is InChI=1S/C8H6N2O2/c11-6-9-8(12)10-7-4-2-1-3-5-7/h1-5H,(H,10,12). The van der Waals surface area contributed by atoms with Gasteiger partial charge >= 0.3 is 6.03 Å². The molecule has 0 bridgehead atoms. The predicted molar refractivity (Wildman–Crippen MR) is 43.6 cm³/mol. The van der Waals surface area contributed by atoms with E-state index in [-0.39, 0.29) is 0 Å². The number of urea groups is 1. The first-order valence-corrected chi connectivity index (χ1v) is 3.27. The van der Waals surface area contributed by atoms with Crippen molar-refractivity contribution in [2.75, 3.05) is 5.32 Å². The molecule has 0 aliphatic carbocycles. The molecule has 0 radical (unpaired) electrons. The van der Waals surface area contributed by atoms with E-state index in [1.54, 1.807) is 24.3 Å². The molecule has 0 saturated heterocycles. The van der Waals surface area contributed by atoms with Crippen molar-refractivity contribution in [1.29, 1.82) is 0 Å². The van der Waals surface area contributed by atoms with E-state index in [1.807, 2.05) is 6.07 Å². The van der Waals surface area contributed by atoms with Crippen LogP contribution in [-0.2, 0) is 4.79 Å². The summed E-state index contributed by atoms with van der Waals surface area (Å²) in [4.78, 5) is 23.2. The van der Waals surface area contributed by atoms with Gasteiger partial charge in [-0.1, -0.05) is 18.2 Å². The van der Waals surface area contributed by atoms with Crippen LogP contribution in [0.1, 0.15) is 0 Å². The summed E-state index contributed by atoms with van der Waals surface area (Å²) in [6.07, 6.45) is 1.15. The van der Waals surface area contributed by atoms with E-state index >= 15 is 0 Å². The number of amides is 2. The summed E-state index contributed by atoms with van der Waals surface area (Å²) in [6, 6.07) is 8.02. The van der Waals surface area contributed by atoms with E-state index in [4.69, 9.17) is 0 Å². The summed E-state index contributed by atoms with van der Waals surface area (Å²) in [5.41, 5.74) is 0.599. The zero-order chi connectivity index (χ0) is 8.81. The maximum atomic E-state index is 10.7. The molecule has 12 heavy (non-hydrogen) atoms. The van der Waals surface area contributed by atoms with Gasteiger partial charge < -0.3 is 5.32 Å². The fourth-order valence-corrected chi connectivity index (χ4v) is 0.714. The van der Waals surface area contributed by atoms with Gasteiger partial charge in [0.1, 0.15) is 0 Å². The summed E-state index contributed by atoms with van der Waals surface area (Å²) in [5.74, 6) is 0. The fourth-order valence-electron chi connectivity index (χ4n) is 0.714. The maximum Gasteiger partial charge on any atom is 0.356 e. The van der Waals surface area contributed by atoms with Gasteiger partial charge in [0.25, 0.3) is 0 Å². The highest BCUT2D eigenvalue weighted by Crippen LogP contribution is 2.04. The van der Waals surface area contributed by atoms with Crippen LogP contribution in [0.25, 0.3) is 0 Å². The third kappa shape index (κ3) is 2.36. The highest BCUT2D eigenvalue weighted by Gasteiger charge is 1.96. The molecule has 2 amide bonds. The predicted octanol–water partition coefficient (Wildman–Crippen LogP) is 1.55. The van der Waals surface area contributed by atoms with Crippen molar-refractivity contribution in [3.8, 4) is 0 Å². The SMILES string of the molecule is O=C=NC(=O)Nc1ccccc1. The number of aliphatic imine (C=N–C) groups is 1. The Labute approximate surface area is 68.9 Å². The van der Waals surface area contributed by atoms with Gasteiger partial charge in [0.15, 0.2) is 0 Å². The minimum atomic E-state index is -0.712. The van der Waals surface area contributed by atoms with Gasteiger partial charge in [0, 0.05) is 5.69 Å². The summed E-state index contributed by atoms with van der Waals surface area (Å²) < 4.78 is 0. The van der Waals surface area contributed by atoms with E-state index in [0.717, 1.165) is 6.08 Å². The Hall–Kier alpha value is -1.93. The second-order valence-corrected chi connectivity index (χ2v) is 2.00. The van der Waals surface area contributed by atoms with Crippen molar-refractivity contribution in [2.45, 2.75) is 0 Å². The molecule has 4 nitrogen and oxygen atoms in total. The van der Waals surface area contributed by atoms with Crippen LogP contribution in [-0.4, -0.2) is 12.1 Å². The topological polar surface area (TPSA) is 58.5 Å². The lowest BCUT2D eigenvalue weighted by Crippen LogP contribution is -2.04. The van der Waals surface area contributed by atoms with Crippen molar-refractivity contribution < 1.29 is 9.59 Å². The van der Waals surface area contributed by atoms with Crippen LogP contribution in [0.3, 0.4) is 0 Å². The molecule has 1 rings (SSSR count). The molecule has 0 fully saturated rings. The number of nitrogens with one attached hydrogen (secondary N) is 1. The number of isocyanates is 1. The van der Waals surface area contributed by atoms with E-state index in [2.05, 4.69) is 10.3 Å². The van der Waals surface area contributed by atoms with Crippen molar-refractivity contribution in [3.63, 3.8) is 0 Å². The summed E-state index contributed by atoms with van der Waals surface area (Å²) in [7, 11) is 0. The van der Waals surface area contributed by atoms with E-state index in [9.17, 15) is 9.59 Å². The number of carbonyl (C=O) groups excluding carboxylic acids is 2. The monoisotopic (exact) mass is 162 g/mol. The third-order valence-electron chi connectivity index (χ3n) is 1.17. The molecular weight excluding hydrogens is 156 g/mol.